The van der Waals surface area contributed by atoms with Crippen LogP contribution >= 0.6 is 19.3 Å². The molecule has 0 bridgehead atoms. The molecule has 4 N–H and O–H groups in total. The summed E-state index contributed by atoms with van der Waals surface area (Å²) in [4.78, 5) is 27.2. The number of para-hydroxylation sites is 1. The monoisotopic (exact) mass is 657 g/mol. The Labute approximate surface area is 259 Å². The van der Waals surface area contributed by atoms with Crippen molar-refractivity contribution in [3.05, 3.63) is 36.7 Å². The summed E-state index contributed by atoms with van der Waals surface area (Å²) in [5.74, 6) is -0.619. The number of imidazole rings is 1. The van der Waals surface area contributed by atoms with Crippen LogP contribution in [0.4, 0.5) is 16.2 Å². The second-order valence-electron chi connectivity index (χ2n) is 10.8. The third kappa shape index (κ3) is 7.24. The van der Waals surface area contributed by atoms with Gasteiger partial charge in [-0.3, -0.25) is 13.9 Å². The quantitative estimate of drug-likeness (QED) is 0.130. The molecule has 1 fully saturated rings. The highest BCUT2D eigenvalue weighted by atomic mass is 35.5. The number of nitrogens with one attached hydrogen (secondary N) is 1. The number of hydrogen-bond acceptors (Lipinski definition) is 12. The van der Waals surface area contributed by atoms with E-state index in [0.717, 1.165) is 6.42 Å². The van der Waals surface area contributed by atoms with Gasteiger partial charge in [0.1, 0.15) is 23.5 Å². The van der Waals surface area contributed by atoms with Gasteiger partial charge in [0, 0.05) is 13.6 Å². The van der Waals surface area contributed by atoms with Crippen molar-refractivity contribution >= 4 is 48.2 Å². The highest BCUT2D eigenvalue weighted by Crippen LogP contribution is 2.49. The number of fused-ring (bicyclic) bond motifs is 1. The molecule has 242 valence electrons. The number of carbonyl (C=O) groups excluding carboxylic acids is 1. The van der Waals surface area contributed by atoms with Gasteiger partial charge in [-0.15, -0.1) is 11.6 Å². The number of esters is 1. The maximum Gasteiger partial charge on any atom is 0.459 e. The maximum atomic E-state index is 15.8. The smallest absolute Gasteiger partial charge is 0.459 e. The van der Waals surface area contributed by atoms with Crippen LogP contribution in [-0.4, -0.2) is 86.7 Å². The van der Waals surface area contributed by atoms with Crippen LogP contribution in [0, 0.1) is 0 Å². The fourth-order valence-corrected chi connectivity index (χ4v) is 6.49. The van der Waals surface area contributed by atoms with Crippen molar-refractivity contribution in [3.63, 3.8) is 0 Å². The lowest BCUT2D eigenvalue weighted by Crippen LogP contribution is -2.48. The van der Waals surface area contributed by atoms with Gasteiger partial charge in [0.25, 0.3) is 0 Å². The highest BCUT2D eigenvalue weighted by molar-refractivity contribution is 7.52. The number of aliphatic hydroxyl groups is 1. The zero-order valence-corrected chi connectivity index (χ0v) is 26.7. The molecule has 3 aromatic rings. The largest absolute Gasteiger partial charge is 0.462 e. The van der Waals surface area contributed by atoms with Gasteiger partial charge in [0.2, 0.25) is 5.95 Å². The van der Waals surface area contributed by atoms with Crippen molar-refractivity contribution < 1.29 is 37.4 Å². The van der Waals surface area contributed by atoms with Crippen LogP contribution in [0.3, 0.4) is 0 Å². The van der Waals surface area contributed by atoms with Crippen LogP contribution in [0.15, 0.2) is 36.7 Å². The summed E-state index contributed by atoms with van der Waals surface area (Å²) >= 11 is 6.27. The number of alkyl halides is 2. The van der Waals surface area contributed by atoms with Crippen molar-refractivity contribution in [2.45, 2.75) is 70.4 Å². The third-order valence-electron chi connectivity index (χ3n) is 6.81. The van der Waals surface area contributed by atoms with Crippen molar-refractivity contribution in [1.82, 2.24) is 24.6 Å². The number of nitrogen functional groups attached to an aromatic ring is 1. The van der Waals surface area contributed by atoms with Gasteiger partial charge in [-0.2, -0.15) is 15.1 Å². The van der Waals surface area contributed by atoms with E-state index in [2.05, 4.69) is 20.0 Å². The molecular weight excluding hydrogens is 620 g/mol. The standard InChI is InChI=1S/C27H38ClFN7O7P/c1-6-12-35(5)22-20-23(33-26(30)32-22)36(15-31-20)24-19(29)21(37)27(13-28,42-24)14-40-44(39,43-18-10-8-7-9-11-18)34-17(4)25(38)41-16(2)3/h7-11,15-17,19,21,24,37H,6,12-14H2,1-5H3,(H,34,39)(H2,30,32,33)/t17-,19-,21-,24+,27+,44?/m0/s1. The predicted molar refractivity (Wildman–Crippen MR) is 162 cm³/mol. The average Bonchev–Trinajstić information content (AvgIpc) is 3.50. The number of benzene rings is 1. The zero-order valence-electron chi connectivity index (χ0n) is 25.1. The Hall–Kier alpha value is -3.07. The first-order chi connectivity index (χ1) is 20.8. The molecule has 1 aromatic carbocycles. The van der Waals surface area contributed by atoms with Gasteiger partial charge in [0.05, 0.1) is 24.9 Å². The summed E-state index contributed by atoms with van der Waals surface area (Å²) in [7, 11) is -2.56. The fourth-order valence-electron chi connectivity index (χ4n) is 4.64. The Morgan fingerprint density at radius 1 is 1.32 bits per heavy atom. The van der Waals surface area contributed by atoms with Gasteiger partial charge < -0.3 is 29.7 Å². The Balaban J connectivity index is 1.62. The van der Waals surface area contributed by atoms with E-state index in [-0.39, 0.29) is 17.3 Å². The third-order valence-corrected chi connectivity index (χ3v) is 8.89. The summed E-state index contributed by atoms with van der Waals surface area (Å²) in [5.41, 5.74) is 4.61. The van der Waals surface area contributed by atoms with E-state index in [9.17, 15) is 14.5 Å². The number of hydrogen-bond donors (Lipinski definition) is 3. The van der Waals surface area contributed by atoms with E-state index in [0.29, 0.717) is 17.9 Å². The van der Waals surface area contributed by atoms with E-state index in [4.69, 9.17) is 35.9 Å². The Morgan fingerprint density at radius 3 is 2.66 bits per heavy atom. The number of nitrogens with two attached hydrogens (primary N) is 1. The molecule has 3 heterocycles. The van der Waals surface area contributed by atoms with Crippen molar-refractivity contribution in [3.8, 4) is 5.75 Å². The van der Waals surface area contributed by atoms with Gasteiger partial charge in [-0.1, -0.05) is 25.1 Å². The number of carbonyl (C=O) groups is 1. The number of aliphatic hydroxyl groups excluding tert-OH is 1. The topological polar surface area (TPSA) is 176 Å². The first-order valence-corrected chi connectivity index (χ1v) is 16.2. The minimum absolute atomic E-state index is 0.0618. The van der Waals surface area contributed by atoms with Crippen LogP contribution in [0.2, 0.25) is 0 Å². The second kappa shape index (κ2) is 13.9. The molecule has 1 unspecified atom stereocenters. The highest BCUT2D eigenvalue weighted by Gasteiger charge is 2.57. The van der Waals surface area contributed by atoms with E-state index >= 15 is 4.39 Å². The summed E-state index contributed by atoms with van der Waals surface area (Å²) in [5, 5.41) is 13.6. The summed E-state index contributed by atoms with van der Waals surface area (Å²) in [6.45, 7) is 6.73. The second-order valence-corrected chi connectivity index (χ2v) is 12.7. The van der Waals surface area contributed by atoms with Crippen LogP contribution < -0.4 is 20.2 Å². The number of nitrogens with zero attached hydrogens (tertiary/aromatic N) is 5. The molecule has 14 nitrogen and oxygen atoms in total. The lowest BCUT2D eigenvalue weighted by Gasteiger charge is -2.31. The van der Waals surface area contributed by atoms with Crippen molar-refractivity contribution in [2.75, 3.05) is 36.7 Å². The van der Waals surface area contributed by atoms with E-state index in [1.807, 2.05) is 18.9 Å². The molecular formula is C27H38ClFN7O7P. The molecule has 0 saturated carbocycles. The Bertz CT molecular complexity index is 1490. The molecule has 17 heteroatoms. The number of rotatable bonds is 14. The molecule has 1 aliphatic rings. The maximum absolute atomic E-state index is 15.8. The molecule has 0 aliphatic carbocycles. The molecule has 0 spiro atoms. The summed E-state index contributed by atoms with van der Waals surface area (Å²) < 4.78 is 53.7. The lowest BCUT2D eigenvalue weighted by atomic mass is 9.99. The van der Waals surface area contributed by atoms with Crippen molar-refractivity contribution in [2.24, 2.45) is 0 Å². The van der Waals surface area contributed by atoms with Gasteiger partial charge in [-0.25, -0.2) is 13.9 Å². The van der Waals surface area contributed by atoms with E-state index in [1.165, 1.54) is 30.0 Å². The predicted octanol–water partition coefficient (Wildman–Crippen LogP) is 3.59. The molecule has 0 amide bonds. The number of ether oxygens (including phenoxy) is 2. The molecule has 4 rings (SSSR count). The molecule has 0 radical (unpaired) electrons. The number of aromatic nitrogens is 4. The molecule has 44 heavy (non-hydrogen) atoms. The van der Waals surface area contributed by atoms with Crippen molar-refractivity contribution in [1.29, 1.82) is 0 Å². The average molecular weight is 658 g/mol. The van der Waals surface area contributed by atoms with E-state index in [1.54, 1.807) is 32.0 Å². The normalized spacial score (nSPS) is 23.9. The molecule has 1 saturated heterocycles. The van der Waals surface area contributed by atoms with Crippen LogP contribution in [0.1, 0.15) is 40.3 Å². The lowest BCUT2D eigenvalue weighted by molar-refractivity contribution is -0.149. The minimum atomic E-state index is -4.38. The molecule has 2 aromatic heterocycles. The Kier molecular flexibility index (Phi) is 10.7. The SMILES string of the molecule is CCCN(C)c1nc(N)nc2c1ncn2[C@@H]1O[C@](CCl)(COP(=O)(N[C@@H](C)C(=O)OC(C)C)Oc2ccccc2)[C@@H](O)[C@@H]1F. The summed E-state index contributed by atoms with van der Waals surface area (Å²) in [6, 6.07) is 6.96. The van der Waals surface area contributed by atoms with Crippen LogP contribution in [-0.2, 0) is 23.4 Å². The van der Waals surface area contributed by atoms with Gasteiger partial charge in [0.15, 0.2) is 29.4 Å². The minimum Gasteiger partial charge on any atom is -0.462 e. The first-order valence-electron chi connectivity index (χ1n) is 14.1. The molecule has 1 aliphatic heterocycles. The Morgan fingerprint density at radius 2 is 2.02 bits per heavy atom. The number of halogens is 2. The van der Waals surface area contributed by atoms with Gasteiger partial charge in [-0.05, 0) is 39.3 Å². The van der Waals surface area contributed by atoms with Crippen LogP contribution in [0.25, 0.3) is 11.2 Å². The number of anilines is 2. The first kappa shape index (κ1) is 33.8. The fraction of sp³-hybridized carbons (Fsp3) is 0.556. The van der Waals surface area contributed by atoms with E-state index < -0.39 is 62.5 Å². The van der Waals surface area contributed by atoms with Crippen LogP contribution in [0.5, 0.6) is 5.75 Å². The summed E-state index contributed by atoms with van der Waals surface area (Å²) in [6.07, 6.45) is -3.62. The zero-order chi connectivity index (χ0) is 32.2. The van der Waals surface area contributed by atoms with Gasteiger partial charge >= 0.3 is 13.7 Å². The molecule has 6 atom stereocenters.